The lowest BCUT2D eigenvalue weighted by Crippen LogP contribution is -2.32. The first kappa shape index (κ1) is 27.5. The van der Waals surface area contributed by atoms with Crippen LogP contribution in [-0.2, 0) is 10.5 Å². The first-order chi connectivity index (χ1) is 18.1. The molecule has 2 aromatic carbocycles. The van der Waals surface area contributed by atoms with E-state index in [1.807, 2.05) is 68.6 Å². The number of ketones is 1. The van der Waals surface area contributed by atoms with Gasteiger partial charge in [-0.3, -0.25) is 4.79 Å². The van der Waals surface area contributed by atoms with Gasteiger partial charge in [-0.1, -0.05) is 78.9 Å². The van der Waals surface area contributed by atoms with E-state index in [0.29, 0.717) is 5.57 Å². The van der Waals surface area contributed by atoms with Crippen molar-refractivity contribution >= 4 is 11.5 Å². The number of aryl methyl sites for hydroxylation is 1. The van der Waals surface area contributed by atoms with Crippen LogP contribution in [0.15, 0.2) is 108 Å². The standard InChI is InChI=1S/C33H39N3O2/c1-21-12-16-27(17-13-21)33(4,38)36-28-9-6-8-24(19-28)26(20-35-5)18-25-15-14-22(2)31-29(25)10-7-11-30(31)32(37)23(3)34/h6-17,19,23,26,31,35-36,38H,2,18,20,34H2,1,3-5H3. The van der Waals surface area contributed by atoms with Gasteiger partial charge in [0.25, 0.3) is 0 Å². The van der Waals surface area contributed by atoms with Crippen molar-refractivity contribution in [1.29, 1.82) is 0 Å². The SMILES string of the molecule is C=C1C=CC(CC(CNC)c2cccc(NC(C)(O)c3ccc(C)cc3)c2)=C2C=CC=C(C(=O)C(C)N)C12. The zero-order valence-electron chi connectivity index (χ0n) is 22.8. The van der Waals surface area contributed by atoms with Crippen molar-refractivity contribution in [2.45, 2.75) is 44.9 Å². The molecule has 0 radical (unpaired) electrons. The lowest BCUT2D eigenvalue weighted by atomic mass is 9.73. The number of Topliss-reactive ketones (excluding diaryl/α,β-unsaturated/α-hetero) is 1. The van der Waals surface area contributed by atoms with Gasteiger partial charge in [-0.05, 0) is 68.7 Å². The van der Waals surface area contributed by atoms with Gasteiger partial charge >= 0.3 is 0 Å². The third kappa shape index (κ3) is 5.97. The summed E-state index contributed by atoms with van der Waals surface area (Å²) < 4.78 is 0. The first-order valence-corrected chi connectivity index (χ1v) is 13.2. The lowest BCUT2D eigenvalue weighted by Gasteiger charge is -2.31. The number of aliphatic hydroxyl groups is 1. The van der Waals surface area contributed by atoms with Gasteiger partial charge < -0.3 is 21.5 Å². The van der Waals surface area contributed by atoms with Gasteiger partial charge in [0.05, 0.1) is 6.04 Å². The van der Waals surface area contributed by atoms with Crippen LogP contribution in [-0.4, -0.2) is 30.5 Å². The molecule has 0 saturated carbocycles. The molecule has 5 nitrogen and oxygen atoms in total. The van der Waals surface area contributed by atoms with Crippen molar-refractivity contribution in [3.05, 3.63) is 124 Å². The molecule has 2 aliphatic carbocycles. The number of allylic oxidation sites excluding steroid dienone is 8. The number of anilines is 1. The van der Waals surface area contributed by atoms with Gasteiger partial charge in [-0.25, -0.2) is 0 Å². The summed E-state index contributed by atoms with van der Waals surface area (Å²) in [5.74, 6) is -0.0256. The maximum absolute atomic E-state index is 12.9. The summed E-state index contributed by atoms with van der Waals surface area (Å²) in [4.78, 5) is 12.9. The topological polar surface area (TPSA) is 87.4 Å². The van der Waals surface area contributed by atoms with E-state index in [9.17, 15) is 9.90 Å². The van der Waals surface area contributed by atoms with Gasteiger partial charge in [0.2, 0.25) is 0 Å². The molecule has 0 saturated heterocycles. The average molecular weight is 510 g/mol. The molecule has 4 rings (SSSR count). The summed E-state index contributed by atoms with van der Waals surface area (Å²) >= 11 is 0. The molecule has 2 aromatic rings. The van der Waals surface area contributed by atoms with Gasteiger partial charge in [-0.15, -0.1) is 0 Å². The maximum atomic E-state index is 12.9. The Morgan fingerprint density at radius 1 is 1.16 bits per heavy atom. The van der Waals surface area contributed by atoms with Gasteiger partial charge in [0, 0.05) is 35.2 Å². The van der Waals surface area contributed by atoms with Gasteiger partial charge in [-0.2, -0.15) is 0 Å². The van der Waals surface area contributed by atoms with Crippen molar-refractivity contribution in [3.63, 3.8) is 0 Å². The van der Waals surface area contributed by atoms with Crippen molar-refractivity contribution in [2.24, 2.45) is 11.7 Å². The summed E-state index contributed by atoms with van der Waals surface area (Å²) in [6, 6.07) is 15.6. The van der Waals surface area contributed by atoms with E-state index < -0.39 is 11.8 Å². The third-order valence-corrected chi connectivity index (χ3v) is 7.39. The zero-order valence-corrected chi connectivity index (χ0v) is 22.8. The molecule has 4 unspecified atom stereocenters. The number of nitrogens with one attached hydrogen (secondary N) is 2. The third-order valence-electron chi connectivity index (χ3n) is 7.39. The predicted octanol–water partition coefficient (Wildman–Crippen LogP) is 5.42. The maximum Gasteiger partial charge on any atom is 0.176 e. The van der Waals surface area contributed by atoms with Crippen LogP contribution in [0.4, 0.5) is 5.69 Å². The second-order valence-corrected chi connectivity index (χ2v) is 10.6. The molecule has 0 heterocycles. The van der Waals surface area contributed by atoms with E-state index in [1.165, 1.54) is 5.57 Å². The largest absolute Gasteiger partial charge is 0.367 e. The number of nitrogens with two attached hydrogens (primary N) is 1. The fourth-order valence-electron chi connectivity index (χ4n) is 5.30. The number of carbonyl (C=O) groups excluding carboxylic acids is 1. The van der Waals surface area contributed by atoms with E-state index in [-0.39, 0.29) is 17.6 Å². The molecule has 0 aromatic heterocycles. The Kier molecular flexibility index (Phi) is 8.32. The van der Waals surface area contributed by atoms with Crippen molar-refractivity contribution < 1.29 is 9.90 Å². The fraction of sp³-hybridized carbons (Fsp3) is 0.303. The quantitative estimate of drug-likeness (QED) is 0.322. The normalized spacial score (nSPS) is 19.9. The van der Waals surface area contributed by atoms with Crippen molar-refractivity contribution in [2.75, 3.05) is 18.9 Å². The van der Waals surface area contributed by atoms with Crippen molar-refractivity contribution in [1.82, 2.24) is 5.32 Å². The second kappa shape index (κ2) is 11.5. The first-order valence-electron chi connectivity index (χ1n) is 13.2. The smallest absolute Gasteiger partial charge is 0.176 e. The highest BCUT2D eigenvalue weighted by Gasteiger charge is 2.32. The molecule has 0 bridgehead atoms. The van der Waals surface area contributed by atoms with E-state index >= 15 is 0 Å². The minimum atomic E-state index is -1.21. The van der Waals surface area contributed by atoms with Gasteiger partial charge in [0.1, 0.15) is 0 Å². The molecular formula is C33H39N3O2. The molecule has 5 heteroatoms. The minimum Gasteiger partial charge on any atom is -0.367 e. The van der Waals surface area contributed by atoms with Crippen LogP contribution in [0.1, 0.15) is 42.9 Å². The number of rotatable bonds is 10. The van der Waals surface area contributed by atoms with E-state index in [1.54, 1.807) is 13.8 Å². The summed E-state index contributed by atoms with van der Waals surface area (Å²) in [6.07, 6.45) is 10.9. The van der Waals surface area contributed by atoms with Crippen LogP contribution in [0.5, 0.6) is 0 Å². The Morgan fingerprint density at radius 3 is 2.58 bits per heavy atom. The minimum absolute atomic E-state index is 0.0428. The van der Waals surface area contributed by atoms with Crippen LogP contribution in [0.3, 0.4) is 0 Å². The Hall–Kier alpha value is -3.51. The summed E-state index contributed by atoms with van der Waals surface area (Å²) in [6.45, 7) is 10.5. The molecule has 198 valence electrons. The molecule has 2 aliphatic rings. The molecule has 38 heavy (non-hydrogen) atoms. The molecular weight excluding hydrogens is 470 g/mol. The average Bonchev–Trinajstić information content (AvgIpc) is 2.89. The van der Waals surface area contributed by atoms with Crippen LogP contribution in [0.2, 0.25) is 0 Å². The molecule has 0 spiro atoms. The van der Waals surface area contributed by atoms with Crippen molar-refractivity contribution in [3.8, 4) is 0 Å². The Bertz CT molecular complexity index is 1330. The Balaban J connectivity index is 1.61. The van der Waals surface area contributed by atoms with Crippen LogP contribution in [0, 0.1) is 12.8 Å². The number of hydrogen-bond donors (Lipinski definition) is 4. The zero-order chi connectivity index (χ0) is 27.4. The van der Waals surface area contributed by atoms with E-state index in [2.05, 4.69) is 41.5 Å². The van der Waals surface area contributed by atoms with Crippen LogP contribution < -0.4 is 16.4 Å². The lowest BCUT2D eigenvalue weighted by molar-refractivity contribution is -0.116. The highest BCUT2D eigenvalue weighted by molar-refractivity contribution is 6.01. The summed E-state index contributed by atoms with van der Waals surface area (Å²) in [5.41, 5.74) is 12.6. The Labute approximate surface area is 226 Å². The highest BCUT2D eigenvalue weighted by atomic mass is 16.3. The number of likely N-dealkylation sites (N-methyl/N-ethyl adjacent to an activating group) is 1. The number of carbonyl (C=O) groups is 1. The van der Waals surface area contributed by atoms with E-state index in [4.69, 9.17) is 5.73 Å². The molecule has 0 aliphatic heterocycles. The second-order valence-electron chi connectivity index (χ2n) is 10.6. The van der Waals surface area contributed by atoms with Crippen LogP contribution in [0.25, 0.3) is 0 Å². The monoisotopic (exact) mass is 509 g/mol. The summed E-state index contributed by atoms with van der Waals surface area (Å²) in [7, 11) is 1.96. The number of fused-ring (bicyclic) bond motifs is 1. The van der Waals surface area contributed by atoms with Gasteiger partial charge in [0.15, 0.2) is 11.5 Å². The number of hydrogen-bond acceptors (Lipinski definition) is 5. The molecule has 4 atom stereocenters. The van der Waals surface area contributed by atoms with E-state index in [0.717, 1.165) is 46.5 Å². The highest BCUT2D eigenvalue weighted by Crippen LogP contribution is 2.41. The molecule has 0 fully saturated rings. The number of benzene rings is 2. The molecule has 5 N–H and O–H groups in total. The summed E-state index contributed by atoms with van der Waals surface area (Å²) in [5, 5.41) is 17.8. The molecule has 0 amide bonds. The Morgan fingerprint density at radius 2 is 1.89 bits per heavy atom. The fourth-order valence-corrected chi connectivity index (χ4v) is 5.30. The van der Waals surface area contributed by atoms with Crippen LogP contribution >= 0.6 is 0 Å². The predicted molar refractivity (Wildman–Crippen MR) is 157 cm³/mol.